The minimum absolute atomic E-state index is 0.257. The third kappa shape index (κ3) is 8.01. The molecule has 50 heavy (non-hydrogen) atoms. The molecular formula is C35H41ClN9O4P. The Labute approximate surface area is 296 Å². The van der Waals surface area contributed by atoms with Gasteiger partial charge in [-0.1, -0.05) is 23.7 Å². The molecule has 2 aromatic carbocycles. The molecule has 0 aliphatic carbocycles. The Kier molecular flexibility index (Phi) is 10.6. The van der Waals surface area contributed by atoms with E-state index in [2.05, 4.69) is 53.8 Å². The van der Waals surface area contributed by atoms with E-state index in [1.807, 2.05) is 42.5 Å². The smallest absolute Gasteiger partial charge is 0.328 e. The number of hydrogen-bond acceptors (Lipinski definition) is 11. The van der Waals surface area contributed by atoms with E-state index < -0.39 is 13.2 Å². The summed E-state index contributed by atoms with van der Waals surface area (Å²) in [4.78, 5) is 43.7. The van der Waals surface area contributed by atoms with Gasteiger partial charge in [0.05, 0.1) is 36.6 Å². The van der Waals surface area contributed by atoms with Crippen LogP contribution >= 0.6 is 18.7 Å². The number of para-hydroxylation sites is 1. The topological polar surface area (TPSA) is 145 Å². The number of methoxy groups -OCH3 is 1. The lowest BCUT2D eigenvalue weighted by molar-refractivity contribution is -0.120. The van der Waals surface area contributed by atoms with Crippen molar-refractivity contribution in [2.24, 2.45) is 0 Å². The van der Waals surface area contributed by atoms with Crippen molar-refractivity contribution in [3.05, 3.63) is 77.7 Å². The molecule has 2 aliphatic rings. The highest BCUT2D eigenvalue weighted by Crippen LogP contribution is 2.39. The summed E-state index contributed by atoms with van der Waals surface area (Å²) in [6.07, 6.45) is 7.13. The molecule has 15 heteroatoms. The highest BCUT2D eigenvalue weighted by molar-refractivity contribution is 7.70. The highest BCUT2D eigenvalue weighted by atomic mass is 35.5. The Morgan fingerprint density at radius 1 is 1.04 bits per heavy atom. The van der Waals surface area contributed by atoms with Crippen LogP contribution in [0.15, 0.2) is 67.1 Å². The van der Waals surface area contributed by atoms with Crippen LogP contribution in [0.2, 0.25) is 5.02 Å². The molecule has 4 aromatic rings. The van der Waals surface area contributed by atoms with Crippen LogP contribution in [0, 0.1) is 0 Å². The van der Waals surface area contributed by atoms with Crippen LogP contribution in [0.1, 0.15) is 24.8 Å². The van der Waals surface area contributed by atoms with E-state index in [-0.39, 0.29) is 12.3 Å². The van der Waals surface area contributed by atoms with Crippen LogP contribution in [-0.4, -0.2) is 85.0 Å². The van der Waals surface area contributed by atoms with E-state index in [4.69, 9.17) is 16.3 Å². The van der Waals surface area contributed by atoms with Gasteiger partial charge in [0.2, 0.25) is 11.9 Å². The van der Waals surface area contributed by atoms with E-state index in [1.54, 1.807) is 37.7 Å². The molecular weight excluding hydrogens is 677 g/mol. The summed E-state index contributed by atoms with van der Waals surface area (Å²) >= 11 is 6.45. The number of imide groups is 1. The number of hydrogen-bond donors (Lipinski definition) is 3. The van der Waals surface area contributed by atoms with Crippen molar-refractivity contribution in [1.29, 1.82) is 0 Å². The first-order valence-corrected chi connectivity index (χ1v) is 19.4. The fourth-order valence-corrected chi connectivity index (χ4v) is 7.63. The van der Waals surface area contributed by atoms with Gasteiger partial charge in [0.15, 0.2) is 5.82 Å². The summed E-state index contributed by atoms with van der Waals surface area (Å²) in [6, 6.07) is 15.3. The van der Waals surface area contributed by atoms with Gasteiger partial charge in [-0.05, 0) is 69.1 Å². The van der Waals surface area contributed by atoms with Crippen molar-refractivity contribution in [2.75, 3.05) is 67.6 Å². The molecule has 2 fully saturated rings. The standard InChI is InChI=1S/C35H41ClN9O4P/c1-43(22-23-11-15-37-21-29(23)45-18-14-32(46)41-35(45)47)24-12-16-44(17-13-24)25-9-10-27(30(19-25)49-2)40-34-38-20-26(36)33(42-34)39-28-7-5-6-8-31(28)50(3,4)48/h5-11,15,19-21,24H,12-14,16-18,22H2,1-4H3,(H,41,46,47)(H2,38,39,40,42). The molecule has 0 bridgehead atoms. The van der Waals surface area contributed by atoms with Gasteiger partial charge in [0, 0.05) is 61.9 Å². The number of rotatable bonds is 11. The SMILES string of the molecule is COc1cc(N2CCC(N(C)Cc3ccncc3N3CCC(=O)NC3=O)CC2)ccc1Nc1ncc(Cl)c(Nc2ccccc2P(C)(C)=O)n1. The average molecular weight is 718 g/mol. The number of nitrogens with one attached hydrogen (secondary N) is 3. The van der Waals surface area contributed by atoms with Crippen LogP contribution < -0.4 is 35.8 Å². The lowest BCUT2D eigenvalue weighted by Gasteiger charge is -2.38. The molecule has 4 heterocycles. The molecule has 2 saturated heterocycles. The maximum Gasteiger partial charge on any atom is 0.328 e. The van der Waals surface area contributed by atoms with Crippen molar-refractivity contribution < 1.29 is 18.9 Å². The lowest BCUT2D eigenvalue weighted by atomic mass is 10.0. The predicted octanol–water partition coefficient (Wildman–Crippen LogP) is 5.82. The molecule has 262 valence electrons. The summed E-state index contributed by atoms with van der Waals surface area (Å²) in [5.41, 5.74) is 4.15. The second-order valence-corrected chi connectivity index (χ2v) is 16.4. The first-order chi connectivity index (χ1) is 24.0. The monoisotopic (exact) mass is 717 g/mol. The fourth-order valence-electron chi connectivity index (χ4n) is 6.34. The number of benzene rings is 2. The van der Waals surface area contributed by atoms with Crippen molar-refractivity contribution >= 4 is 70.5 Å². The van der Waals surface area contributed by atoms with Crippen molar-refractivity contribution in [1.82, 2.24) is 25.2 Å². The third-order valence-corrected chi connectivity index (χ3v) is 10.8. The number of halogens is 1. The van der Waals surface area contributed by atoms with Crippen LogP contribution in [-0.2, 0) is 15.9 Å². The molecule has 0 unspecified atom stereocenters. The normalized spacial score (nSPS) is 15.6. The quantitative estimate of drug-likeness (QED) is 0.162. The molecule has 0 saturated carbocycles. The third-order valence-electron chi connectivity index (χ3n) is 9.02. The van der Waals surface area contributed by atoms with Crippen molar-refractivity contribution in [3.8, 4) is 5.75 Å². The maximum atomic E-state index is 12.9. The van der Waals surface area contributed by atoms with E-state index in [0.29, 0.717) is 58.3 Å². The molecule has 0 spiro atoms. The van der Waals surface area contributed by atoms with Crippen LogP contribution in [0.5, 0.6) is 5.75 Å². The Morgan fingerprint density at radius 3 is 2.56 bits per heavy atom. The molecule has 13 nitrogen and oxygen atoms in total. The lowest BCUT2D eigenvalue weighted by Crippen LogP contribution is -2.50. The van der Waals surface area contributed by atoms with Crippen LogP contribution in [0.4, 0.5) is 39.3 Å². The summed E-state index contributed by atoms with van der Waals surface area (Å²) < 4.78 is 18.6. The predicted molar refractivity (Wildman–Crippen MR) is 199 cm³/mol. The van der Waals surface area contributed by atoms with Gasteiger partial charge in [-0.3, -0.25) is 24.9 Å². The zero-order valence-electron chi connectivity index (χ0n) is 28.5. The number of carbonyl (C=O) groups excluding carboxylic acids is 2. The number of pyridine rings is 1. The number of amides is 3. The van der Waals surface area contributed by atoms with Gasteiger partial charge < -0.3 is 24.8 Å². The Hall–Kier alpha value is -4.71. The van der Waals surface area contributed by atoms with E-state index in [0.717, 1.165) is 42.9 Å². The van der Waals surface area contributed by atoms with E-state index in [9.17, 15) is 14.2 Å². The molecule has 3 N–H and O–H groups in total. The van der Waals surface area contributed by atoms with Crippen LogP contribution in [0.25, 0.3) is 0 Å². The number of piperidine rings is 1. The van der Waals surface area contributed by atoms with Crippen molar-refractivity contribution in [3.63, 3.8) is 0 Å². The number of aromatic nitrogens is 3. The Bertz CT molecular complexity index is 1930. The number of carbonyl (C=O) groups is 2. The van der Waals surface area contributed by atoms with Gasteiger partial charge >= 0.3 is 6.03 Å². The molecule has 3 amide bonds. The molecule has 2 aliphatic heterocycles. The molecule has 0 radical (unpaired) electrons. The van der Waals surface area contributed by atoms with Gasteiger partial charge in [0.1, 0.15) is 17.9 Å². The summed E-state index contributed by atoms with van der Waals surface area (Å²) in [7, 11) is 1.19. The average Bonchev–Trinajstić information content (AvgIpc) is 3.10. The summed E-state index contributed by atoms with van der Waals surface area (Å²) in [5.74, 6) is 1.10. The molecule has 0 atom stereocenters. The largest absolute Gasteiger partial charge is 0.494 e. The fraction of sp³-hybridized carbons (Fsp3) is 0.343. The van der Waals surface area contributed by atoms with Crippen LogP contribution in [0.3, 0.4) is 0 Å². The Morgan fingerprint density at radius 2 is 1.82 bits per heavy atom. The number of nitrogens with zero attached hydrogens (tertiary/aromatic N) is 6. The van der Waals surface area contributed by atoms with Gasteiger partial charge in [-0.25, -0.2) is 9.78 Å². The van der Waals surface area contributed by atoms with E-state index >= 15 is 0 Å². The minimum Gasteiger partial charge on any atom is -0.494 e. The first kappa shape index (κ1) is 35.1. The minimum atomic E-state index is -2.55. The maximum absolute atomic E-state index is 12.9. The summed E-state index contributed by atoms with van der Waals surface area (Å²) in [6.45, 7) is 6.18. The zero-order valence-corrected chi connectivity index (χ0v) is 30.2. The molecule has 2 aromatic heterocycles. The van der Waals surface area contributed by atoms with Crippen molar-refractivity contribution in [2.45, 2.75) is 31.8 Å². The Balaban J connectivity index is 1.09. The van der Waals surface area contributed by atoms with Gasteiger partial charge in [-0.2, -0.15) is 4.98 Å². The first-order valence-electron chi connectivity index (χ1n) is 16.4. The number of ether oxygens (including phenoxy) is 1. The second kappa shape index (κ2) is 15.0. The van der Waals surface area contributed by atoms with Gasteiger partial charge in [0.25, 0.3) is 0 Å². The van der Waals surface area contributed by atoms with E-state index in [1.165, 1.54) is 6.20 Å². The van der Waals surface area contributed by atoms with Gasteiger partial charge in [-0.15, -0.1) is 0 Å². The zero-order chi connectivity index (χ0) is 35.4. The highest BCUT2D eigenvalue weighted by Gasteiger charge is 2.28. The molecule has 6 rings (SSSR count). The number of urea groups is 1. The second-order valence-electron chi connectivity index (χ2n) is 12.8. The number of anilines is 6. The summed E-state index contributed by atoms with van der Waals surface area (Å²) in [5, 5.41) is 9.93.